The predicted octanol–water partition coefficient (Wildman–Crippen LogP) is 3.10. The maximum atomic E-state index is 12.8. The van der Waals surface area contributed by atoms with Crippen molar-refractivity contribution in [1.82, 2.24) is 9.97 Å². The van der Waals surface area contributed by atoms with Crippen LogP contribution in [-0.2, 0) is 0 Å². The molecule has 0 saturated heterocycles. The van der Waals surface area contributed by atoms with Crippen molar-refractivity contribution in [1.29, 1.82) is 0 Å². The molecule has 0 atom stereocenters. The number of aryl methyl sites for hydroxylation is 1. The van der Waals surface area contributed by atoms with Crippen LogP contribution >= 0.6 is 0 Å². The lowest BCUT2D eigenvalue weighted by Gasteiger charge is -2.08. The van der Waals surface area contributed by atoms with Crippen molar-refractivity contribution in [2.75, 3.05) is 17.2 Å². The summed E-state index contributed by atoms with van der Waals surface area (Å²) in [6, 6.07) is 7.98. The number of halogens is 1. The van der Waals surface area contributed by atoms with Crippen molar-refractivity contribution in [3.63, 3.8) is 0 Å². The molecule has 1 aromatic carbocycles. The number of benzene rings is 1. The molecule has 5 heteroatoms. The molecule has 1 heterocycles. The van der Waals surface area contributed by atoms with Gasteiger partial charge in [0.05, 0.1) is 0 Å². The third kappa shape index (κ3) is 3.16. The molecule has 94 valence electrons. The van der Waals surface area contributed by atoms with Crippen LogP contribution in [0.5, 0.6) is 0 Å². The first-order chi connectivity index (χ1) is 8.67. The van der Waals surface area contributed by atoms with Crippen LogP contribution in [0.15, 0.2) is 30.3 Å². The summed E-state index contributed by atoms with van der Waals surface area (Å²) in [4.78, 5) is 8.57. The number of nitrogens with one attached hydrogen (secondary N) is 2. The topological polar surface area (TPSA) is 49.8 Å². The van der Waals surface area contributed by atoms with Gasteiger partial charge in [-0.25, -0.2) is 9.37 Å². The molecule has 0 aliphatic carbocycles. The van der Waals surface area contributed by atoms with Gasteiger partial charge in [-0.1, -0.05) is 0 Å². The number of anilines is 3. The van der Waals surface area contributed by atoms with Gasteiger partial charge in [-0.15, -0.1) is 0 Å². The summed E-state index contributed by atoms with van der Waals surface area (Å²) in [5.74, 6) is 1.01. The Balaban J connectivity index is 2.20. The third-order valence-electron chi connectivity index (χ3n) is 2.31. The molecule has 1 aromatic heterocycles. The molecule has 2 rings (SSSR count). The highest BCUT2D eigenvalue weighted by molar-refractivity contribution is 5.57. The van der Waals surface area contributed by atoms with Crippen LogP contribution in [0.1, 0.15) is 12.6 Å². The van der Waals surface area contributed by atoms with E-state index >= 15 is 0 Å². The van der Waals surface area contributed by atoms with E-state index in [-0.39, 0.29) is 5.82 Å². The summed E-state index contributed by atoms with van der Waals surface area (Å²) in [6.45, 7) is 4.65. The third-order valence-corrected chi connectivity index (χ3v) is 2.31. The average Bonchev–Trinajstić information content (AvgIpc) is 2.32. The van der Waals surface area contributed by atoms with Gasteiger partial charge in [0.15, 0.2) is 0 Å². The summed E-state index contributed by atoms with van der Waals surface area (Å²) in [5.41, 5.74) is 1.66. The second-order valence-electron chi connectivity index (χ2n) is 3.88. The molecule has 0 radical (unpaired) electrons. The molecule has 0 spiro atoms. The van der Waals surface area contributed by atoms with Crippen molar-refractivity contribution in [2.45, 2.75) is 13.8 Å². The Bertz CT molecular complexity index is 525. The van der Waals surface area contributed by atoms with E-state index in [2.05, 4.69) is 20.6 Å². The molecular weight excluding hydrogens is 231 g/mol. The van der Waals surface area contributed by atoms with Gasteiger partial charge in [0.25, 0.3) is 0 Å². The van der Waals surface area contributed by atoms with Crippen LogP contribution in [0.3, 0.4) is 0 Å². The molecule has 4 nitrogen and oxygen atoms in total. The SMILES string of the molecule is CCNc1nc(C)cc(Nc2ccc(F)cc2)n1. The average molecular weight is 246 g/mol. The summed E-state index contributed by atoms with van der Waals surface area (Å²) < 4.78 is 12.8. The predicted molar refractivity (Wildman–Crippen MR) is 70.6 cm³/mol. The molecule has 0 fully saturated rings. The van der Waals surface area contributed by atoms with Gasteiger partial charge in [-0.2, -0.15) is 4.98 Å². The Hall–Kier alpha value is -2.17. The summed E-state index contributed by atoms with van der Waals surface area (Å²) in [6.07, 6.45) is 0. The van der Waals surface area contributed by atoms with Crippen LogP contribution in [0.25, 0.3) is 0 Å². The highest BCUT2D eigenvalue weighted by Gasteiger charge is 2.02. The van der Waals surface area contributed by atoms with Gasteiger partial charge in [-0.05, 0) is 38.1 Å². The zero-order chi connectivity index (χ0) is 13.0. The number of nitrogens with zero attached hydrogens (tertiary/aromatic N) is 2. The van der Waals surface area contributed by atoms with E-state index < -0.39 is 0 Å². The Kier molecular flexibility index (Phi) is 3.72. The summed E-state index contributed by atoms with van der Waals surface area (Å²) in [5, 5.41) is 6.17. The van der Waals surface area contributed by atoms with E-state index in [4.69, 9.17) is 0 Å². The van der Waals surface area contributed by atoms with Crippen molar-refractivity contribution in [3.05, 3.63) is 41.8 Å². The van der Waals surface area contributed by atoms with Crippen molar-refractivity contribution >= 4 is 17.5 Å². The summed E-state index contributed by atoms with van der Waals surface area (Å²) >= 11 is 0. The van der Waals surface area contributed by atoms with Crippen LogP contribution in [0.4, 0.5) is 21.8 Å². The molecule has 18 heavy (non-hydrogen) atoms. The highest BCUT2D eigenvalue weighted by Crippen LogP contribution is 2.16. The van der Waals surface area contributed by atoms with E-state index in [1.54, 1.807) is 12.1 Å². The maximum Gasteiger partial charge on any atom is 0.224 e. The molecule has 0 bridgehead atoms. The van der Waals surface area contributed by atoms with E-state index in [1.807, 2.05) is 19.9 Å². The lowest BCUT2D eigenvalue weighted by molar-refractivity contribution is 0.628. The van der Waals surface area contributed by atoms with Crippen LogP contribution < -0.4 is 10.6 Å². The van der Waals surface area contributed by atoms with Crippen molar-refractivity contribution in [2.24, 2.45) is 0 Å². The molecule has 0 aliphatic rings. The van der Waals surface area contributed by atoms with Crippen LogP contribution in [-0.4, -0.2) is 16.5 Å². The van der Waals surface area contributed by atoms with Crippen LogP contribution in [0, 0.1) is 12.7 Å². The van der Waals surface area contributed by atoms with Crippen LogP contribution in [0.2, 0.25) is 0 Å². The Labute approximate surface area is 105 Å². The van der Waals surface area contributed by atoms with Gasteiger partial charge in [0.2, 0.25) is 5.95 Å². The van der Waals surface area contributed by atoms with Crippen molar-refractivity contribution in [3.8, 4) is 0 Å². The number of hydrogen-bond donors (Lipinski definition) is 2. The zero-order valence-electron chi connectivity index (χ0n) is 10.4. The molecule has 0 saturated carbocycles. The molecule has 2 aromatic rings. The lowest BCUT2D eigenvalue weighted by Crippen LogP contribution is -2.05. The molecule has 0 unspecified atom stereocenters. The van der Waals surface area contributed by atoms with Gasteiger partial charge in [0, 0.05) is 24.0 Å². The largest absolute Gasteiger partial charge is 0.354 e. The van der Waals surface area contributed by atoms with E-state index in [1.165, 1.54) is 12.1 Å². The number of hydrogen-bond acceptors (Lipinski definition) is 4. The minimum Gasteiger partial charge on any atom is -0.354 e. The fourth-order valence-corrected chi connectivity index (χ4v) is 1.55. The summed E-state index contributed by atoms with van der Waals surface area (Å²) in [7, 11) is 0. The monoisotopic (exact) mass is 246 g/mol. The van der Waals surface area contributed by atoms with Crippen molar-refractivity contribution < 1.29 is 4.39 Å². The number of rotatable bonds is 4. The molecule has 0 aliphatic heterocycles. The van der Waals surface area contributed by atoms with Gasteiger partial charge >= 0.3 is 0 Å². The highest BCUT2D eigenvalue weighted by atomic mass is 19.1. The molecule has 0 amide bonds. The first-order valence-electron chi connectivity index (χ1n) is 5.79. The quantitative estimate of drug-likeness (QED) is 0.870. The van der Waals surface area contributed by atoms with E-state index in [9.17, 15) is 4.39 Å². The van der Waals surface area contributed by atoms with Gasteiger partial charge in [-0.3, -0.25) is 0 Å². The molecular formula is C13H15FN4. The normalized spacial score (nSPS) is 10.2. The van der Waals surface area contributed by atoms with Gasteiger partial charge < -0.3 is 10.6 Å². The van der Waals surface area contributed by atoms with E-state index in [0.717, 1.165) is 17.9 Å². The van der Waals surface area contributed by atoms with Gasteiger partial charge in [0.1, 0.15) is 11.6 Å². The maximum absolute atomic E-state index is 12.8. The standard InChI is InChI=1S/C13H15FN4/c1-3-15-13-16-9(2)8-12(18-13)17-11-6-4-10(14)5-7-11/h4-8H,3H2,1-2H3,(H2,15,16,17,18). The first kappa shape index (κ1) is 12.3. The lowest BCUT2D eigenvalue weighted by atomic mass is 10.3. The first-order valence-corrected chi connectivity index (χ1v) is 5.79. The smallest absolute Gasteiger partial charge is 0.224 e. The van der Waals surface area contributed by atoms with E-state index in [0.29, 0.717) is 11.8 Å². The Morgan fingerprint density at radius 3 is 2.56 bits per heavy atom. The Morgan fingerprint density at radius 2 is 1.89 bits per heavy atom. The fourth-order valence-electron chi connectivity index (χ4n) is 1.55. The second-order valence-corrected chi connectivity index (χ2v) is 3.88. The second kappa shape index (κ2) is 5.44. The minimum absolute atomic E-state index is 0.257. The number of aromatic nitrogens is 2. The fraction of sp³-hybridized carbons (Fsp3) is 0.231. The zero-order valence-corrected chi connectivity index (χ0v) is 10.4. The minimum atomic E-state index is -0.257. The Morgan fingerprint density at radius 1 is 1.17 bits per heavy atom. The molecule has 2 N–H and O–H groups in total.